The van der Waals surface area contributed by atoms with Gasteiger partial charge in [0.15, 0.2) is 34.0 Å². The Morgan fingerprint density at radius 1 is 0.739 bits per heavy atom. The number of nitrogen functional groups attached to an aromatic ring is 2. The van der Waals surface area contributed by atoms with Crippen LogP contribution in [0.3, 0.4) is 0 Å². The number of ketones is 1. The van der Waals surface area contributed by atoms with Crippen molar-refractivity contribution in [2.24, 2.45) is 0 Å². The van der Waals surface area contributed by atoms with Crippen molar-refractivity contribution < 1.29 is 23.1 Å². The van der Waals surface area contributed by atoms with Crippen LogP contribution in [0.1, 0.15) is 24.2 Å². The van der Waals surface area contributed by atoms with E-state index in [1.54, 1.807) is 36.4 Å². The first-order chi connectivity index (χ1) is 22.5. The van der Waals surface area contributed by atoms with Gasteiger partial charge in [-0.05, 0) is 50.2 Å². The number of fused-ring (bicyclic) bond motifs is 2. The molecule has 8 heterocycles. The normalized spacial score (nSPS) is 22.6. The van der Waals surface area contributed by atoms with Gasteiger partial charge in [-0.2, -0.15) is 9.03 Å². The molecule has 6 aromatic heterocycles. The molecule has 2 atom stereocenters. The largest absolute Gasteiger partial charge is 0.461 e. The standard InChI is InChI=1S/C29H30N12O5/c30-26-34-19(13-21-36-23(38-40(21)26)17-5-1-9-43-17)28(15-32-7-3-11-45-28)25(42)29(16-33-8-4-12-46-29)20-14-22-37-24(18-6-2-10-44-18)39-41(22)27(31)35-20/h1-2,5-6,9-10,13-14,32-33H,3-4,7-8,11-12,15-16H2,(H2,30,34)(H2,31,35). The summed E-state index contributed by atoms with van der Waals surface area (Å²) in [4.78, 5) is 33.9. The van der Waals surface area contributed by atoms with Gasteiger partial charge in [-0.3, -0.25) is 4.79 Å². The van der Waals surface area contributed by atoms with Crippen molar-refractivity contribution in [3.05, 3.63) is 60.3 Å². The summed E-state index contributed by atoms with van der Waals surface area (Å²) in [6, 6.07) is 10.3. The van der Waals surface area contributed by atoms with Crippen LogP contribution in [-0.2, 0) is 25.5 Å². The number of ether oxygens (including phenoxy) is 2. The Balaban J connectivity index is 1.29. The first-order valence-corrected chi connectivity index (χ1v) is 14.9. The number of furan rings is 2. The highest BCUT2D eigenvalue weighted by molar-refractivity contribution is 5.97. The SMILES string of the molecule is Nc1nc(C2(C(=O)C3(c4cc5nc(-c6ccco6)nn5c(N)n4)CNCCCO3)CNCCCO2)cc2nc(-c3ccco3)nn12. The molecule has 0 aliphatic carbocycles. The molecule has 0 bridgehead atoms. The molecule has 6 N–H and O–H groups in total. The minimum Gasteiger partial charge on any atom is -0.461 e. The van der Waals surface area contributed by atoms with Gasteiger partial charge in [0.2, 0.25) is 29.3 Å². The summed E-state index contributed by atoms with van der Waals surface area (Å²) < 4.78 is 26.8. The average Bonchev–Trinajstić information content (AvgIpc) is 3.86. The predicted molar refractivity (Wildman–Crippen MR) is 161 cm³/mol. The summed E-state index contributed by atoms with van der Waals surface area (Å²) >= 11 is 0. The number of hydrogen-bond donors (Lipinski definition) is 4. The Kier molecular flexibility index (Phi) is 6.75. The number of nitrogens with zero attached hydrogens (tertiary/aromatic N) is 8. The van der Waals surface area contributed by atoms with Crippen LogP contribution in [0, 0.1) is 0 Å². The summed E-state index contributed by atoms with van der Waals surface area (Å²) in [7, 11) is 0. The quantitative estimate of drug-likeness (QED) is 0.202. The van der Waals surface area contributed by atoms with Gasteiger partial charge in [-0.1, -0.05) is 0 Å². The van der Waals surface area contributed by atoms with E-state index < -0.39 is 17.0 Å². The molecule has 46 heavy (non-hydrogen) atoms. The molecule has 8 rings (SSSR count). The molecule has 0 aromatic carbocycles. The van der Waals surface area contributed by atoms with Gasteiger partial charge in [-0.15, -0.1) is 10.2 Å². The molecule has 2 saturated heterocycles. The summed E-state index contributed by atoms with van der Waals surface area (Å²) in [5.74, 6) is 1.16. The third-order valence-electron chi connectivity index (χ3n) is 8.18. The highest BCUT2D eigenvalue weighted by atomic mass is 16.5. The minimum absolute atomic E-state index is 0.0180. The van der Waals surface area contributed by atoms with E-state index in [0.717, 1.165) is 0 Å². The van der Waals surface area contributed by atoms with Crippen molar-refractivity contribution in [1.82, 2.24) is 49.8 Å². The molecule has 2 fully saturated rings. The molecule has 17 heteroatoms. The lowest BCUT2D eigenvalue weighted by molar-refractivity contribution is -0.172. The predicted octanol–water partition coefficient (Wildman–Crippen LogP) is 0.926. The molecule has 0 radical (unpaired) electrons. The van der Waals surface area contributed by atoms with Crippen LogP contribution in [0.25, 0.3) is 34.5 Å². The van der Waals surface area contributed by atoms with Crippen molar-refractivity contribution in [1.29, 1.82) is 0 Å². The summed E-state index contributed by atoms with van der Waals surface area (Å²) in [6.07, 6.45) is 4.39. The fourth-order valence-electron chi connectivity index (χ4n) is 5.95. The molecule has 0 spiro atoms. The van der Waals surface area contributed by atoms with E-state index in [-0.39, 0.29) is 49.6 Å². The van der Waals surface area contributed by atoms with E-state index in [4.69, 9.17) is 29.8 Å². The Bertz CT molecular complexity index is 1870. The van der Waals surface area contributed by atoms with Crippen molar-refractivity contribution in [2.75, 3.05) is 50.9 Å². The van der Waals surface area contributed by atoms with E-state index >= 15 is 4.79 Å². The molecule has 17 nitrogen and oxygen atoms in total. The smallest absolute Gasteiger partial charge is 0.223 e. The zero-order valence-corrected chi connectivity index (χ0v) is 24.5. The van der Waals surface area contributed by atoms with Gasteiger partial charge in [0.05, 0.1) is 23.9 Å². The third kappa shape index (κ3) is 4.51. The summed E-state index contributed by atoms with van der Waals surface area (Å²) in [6.45, 7) is 1.96. The third-order valence-corrected chi connectivity index (χ3v) is 8.18. The number of nitrogens with two attached hydrogens (primary N) is 2. The fourth-order valence-corrected chi connectivity index (χ4v) is 5.95. The maximum atomic E-state index is 15.4. The molecule has 0 saturated carbocycles. The molecule has 2 aliphatic rings. The number of aromatic nitrogens is 8. The van der Waals surface area contributed by atoms with Gasteiger partial charge in [0, 0.05) is 38.4 Å². The van der Waals surface area contributed by atoms with Crippen LogP contribution in [0.15, 0.2) is 57.8 Å². The number of carbonyl (C=O) groups excluding carboxylic acids is 1. The highest BCUT2D eigenvalue weighted by Crippen LogP contribution is 2.40. The Morgan fingerprint density at radius 2 is 1.22 bits per heavy atom. The van der Waals surface area contributed by atoms with Gasteiger partial charge in [0.25, 0.3) is 0 Å². The van der Waals surface area contributed by atoms with Crippen molar-refractivity contribution in [3.63, 3.8) is 0 Å². The van der Waals surface area contributed by atoms with E-state index in [1.165, 1.54) is 21.6 Å². The highest BCUT2D eigenvalue weighted by Gasteiger charge is 2.57. The first kappa shape index (κ1) is 28.3. The second kappa shape index (κ2) is 11.0. The average molecular weight is 627 g/mol. The molecule has 2 aliphatic heterocycles. The van der Waals surface area contributed by atoms with Crippen molar-refractivity contribution >= 4 is 29.0 Å². The fraction of sp³-hybridized carbons (Fsp3) is 0.345. The number of rotatable bonds is 6. The Hall–Kier alpha value is -5.23. The maximum Gasteiger partial charge on any atom is 0.223 e. The van der Waals surface area contributed by atoms with Crippen LogP contribution in [0.5, 0.6) is 0 Å². The van der Waals surface area contributed by atoms with Gasteiger partial charge in [-0.25, -0.2) is 19.9 Å². The number of anilines is 2. The number of nitrogens with one attached hydrogen (secondary N) is 2. The second-order valence-corrected chi connectivity index (χ2v) is 11.1. The molecular weight excluding hydrogens is 596 g/mol. The lowest BCUT2D eigenvalue weighted by Gasteiger charge is -2.40. The molecule has 0 amide bonds. The van der Waals surface area contributed by atoms with Crippen LogP contribution in [0.4, 0.5) is 11.9 Å². The number of hydrogen-bond acceptors (Lipinski definition) is 15. The summed E-state index contributed by atoms with van der Waals surface area (Å²) in [5, 5.41) is 15.6. The Morgan fingerprint density at radius 3 is 1.65 bits per heavy atom. The zero-order valence-electron chi connectivity index (χ0n) is 24.5. The first-order valence-electron chi connectivity index (χ1n) is 14.9. The Labute approximate surface area is 260 Å². The molecule has 236 valence electrons. The molecular formula is C29H30N12O5. The van der Waals surface area contributed by atoms with Crippen LogP contribution < -0.4 is 22.1 Å². The van der Waals surface area contributed by atoms with E-state index in [0.29, 0.717) is 60.4 Å². The monoisotopic (exact) mass is 626 g/mol. The van der Waals surface area contributed by atoms with Gasteiger partial charge >= 0.3 is 0 Å². The van der Waals surface area contributed by atoms with Crippen LogP contribution >= 0.6 is 0 Å². The van der Waals surface area contributed by atoms with E-state index in [2.05, 4.69) is 40.8 Å². The summed E-state index contributed by atoms with van der Waals surface area (Å²) in [5.41, 5.74) is 10.8. The number of Topliss-reactive ketones (excluding diaryl/α,β-unsaturated/α-hetero) is 1. The lowest BCUT2D eigenvalue weighted by Crippen LogP contribution is -2.59. The van der Waals surface area contributed by atoms with Gasteiger partial charge in [0.1, 0.15) is 0 Å². The molecule has 2 unspecified atom stereocenters. The van der Waals surface area contributed by atoms with E-state index in [1.807, 2.05) is 0 Å². The topological polar surface area (TPSA) is 224 Å². The zero-order chi connectivity index (χ0) is 31.3. The van der Waals surface area contributed by atoms with Gasteiger partial charge < -0.3 is 40.4 Å². The lowest BCUT2D eigenvalue weighted by atomic mass is 9.79. The maximum absolute atomic E-state index is 15.4. The van der Waals surface area contributed by atoms with Crippen LogP contribution in [-0.4, -0.2) is 84.3 Å². The minimum atomic E-state index is -1.66. The molecule has 6 aromatic rings. The number of carbonyl (C=O) groups is 1. The van der Waals surface area contributed by atoms with Crippen molar-refractivity contribution in [2.45, 2.75) is 24.0 Å². The van der Waals surface area contributed by atoms with Crippen LogP contribution in [0.2, 0.25) is 0 Å². The van der Waals surface area contributed by atoms with Crippen molar-refractivity contribution in [3.8, 4) is 23.2 Å². The van der Waals surface area contributed by atoms with E-state index in [9.17, 15) is 0 Å². The second-order valence-electron chi connectivity index (χ2n) is 11.1.